The number of amides is 1. The summed E-state index contributed by atoms with van der Waals surface area (Å²) in [6, 6.07) is 5.63. The van der Waals surface area contributed by atoms with Crippen molar-refractivity contribution in [3.63, 3.8) is 0 Å². The van der Waals surface area contributed by atoms with Crippen molar-refractivity contribution in [2.75, 3.05) is 6.54 Å². The predicted octanol–water partition coefficient (Wildman–Crippen LogP) is 2.55. The zero-order valence-electron chi connectivity index (χ0n) is 15.1. The Kier molecular flexibility index (Phi) is 3.86. The van der Waals surface area contributed by atoms with Gasteiger partial charge in [-0.15, -0.1) is 0 Å². The third kappa shape index (κ3) is 2.60. The number of likely N-dealkylation sites (tertiary alicyclic amines) is 1. The van der Waals surface area contributed by atoms with E-state index in [0.717, 1.165) is 40.6 Å². The molecule has 1 saturated heterocycles. The fourth-order valence-electron chi connectivity index (χ4n) is 3.72. The molecule has 134 valence electrons. The van der Waals surface area contributed by atoms with Crippen LogP contribution in [0.3, 0.4) is 0 Å². The standard InChI is InChI=1S/C19H21N5O2/c1-10-6-7-13-14(9-11(2)20-16(13)12(10)3)18(25)24-8-4-5-15(24)17-21-19(26)23-22-17/h6-7,9,15H,4-5,8H2,1-3H3,(H2,21,22,23,26)/t15-/m0/s1. The molecule has 1 aliphatic heterocycles. The molecule has 7 heteroatoms. The van der Waals surface area contributed by atoms with Crippen molar-refractivity contribution in [2.24, 2.45) is 0 Å². The molecule has 0 bridgehead atoms. The summed E-state index contributed by atoms with van der Waals surface area (Å²) in [6.45, 7) is 6.63. The SMILES string of the molecule is Cc1cc(C(=O)N2CCC[C@H]2c2n[nH]c(=O)[nH]2)c2ccc(C)c(C)c2n1. The summed E-state index contributed by atoms with van der Waals surface area (Å²) < 4.78 is 0. The van der Waals surface area contributed by atoms with Crippen LogP contribution >= 0.6 is 0 Å². The lowest BCUT2D eigenvalue weighted by Crippen LogP contribution is -2.31. The largest absolute Gasteiger partial charge is 0.340 e. The number of H-pyrrole nitrogens is 2. The smallest absolute Gasteiger partial charge is 0.328 e. The lowest BCUT2D eigenvalue weighted by molar-refractivity contribution is 0.0732. The molecule has 3 aromatic rings. The molecule has 1 atom stereocenters. The highest BCUT2D eigenvalue weighted by Crippen LogP contribution is 2.33. The van der Waals surface area contributed by atoms with Crippen LogP contribution in [0.25, 0.3) is 10.9 Å². The number of aryl methyl sites for hydroxylation is 3. The number of pyridine rings is 1. The molecule has 3 heterocycles. The molecule has 0 saturated carbocycles. The second-order valence-electron chi connectivity index (χ2n) is 6.93. The first-order chi connectivity index (χ1) is 12.5. The first-order valence-corrected chi connectivity index (χ1v) is 8.79. The van der Waals surface area contributed by atoms with Gasteiger partial charge in [0.1, 0.15) is 0 Å². The van der Waals surface area contributed by atoms with E-state index in [2.05, 4.69) is 20.2 Å². The number of benzene rings is 1. The summed E-state index contributed by atoms with van der Waals surface area (Å²) in [4.78, 5) is 33.9. The minimum absolute atomic E-state index is 0.0462. The van der Waals surface area contributed by atoms with Gasteiger partial charge >= 0.3 is 5.69 Å². The van der Waals surface area contributed by atoms with Gasteiger partial charge in [0, 0.05) is 17.6 Å². The van der Waals surface area contributed by atoms with Crippen molar-refractivity contribution < 1.29 is 4.79 Å². The van der Waals surface area contributed by atoms with Gasteiger partial charge in [0.2, 0.25) is 0 Å². The fourth-order valence-corrected chi connectivity index (χ4v) is 3.72. The van der Waals surface area contributed by atoms with Crippen LogP contribution in [0.5, 0.6) is 0 Å². The van der Waals surface area contributed by atoms with E-state index in [9.17, 15) is 9.59 Å². The number of nitrogens with zero attached hydrogens (tertiary/aromatic N) is 3. The normalized spacial score (nSPS) is 17.2. The maximum absolute atomic E-state index is 13.4. The van der Waals surface area contributed by atoms with E-state index >= 15 is 0 Å². The molecule has 7 nitrogen and oxygen atoms in total. The van der Waals surface area contributed by atoms with Crippen LogP contribution in [-0.2, 0) is 0 Å². The Hall–Kier alpha value is -2.96. The number of nitrogens with one attached hydrogen (secondary N) is 2. The maximum atomic E-state index is 13.4. The van der Waals surface area contributed by atoms with Crippen LogP contribution in [0.2, 0.25) is 0 Å². The molecule has 4 rings (SSSR count). The Balaban J connectivity index is 1.81. The number of hydrogen-bond acceptors (Lipinski definition) is 4. The van der Waals surface area contributed by atoms with E-state index in [0.29, 0.717) is 17.9 Å². The van der Waals surface area contributed by atoms with Crippen molar-refractivity contribution in [2.45, 2.75) is 39.7 Å². The number of rotatable bonds is 2. The molecule has 0 aliphatic carbocycles. The first kappa shape index (κ1) is 16.5. The van der Waals surface area contributed by atoms with Crippen molar-refractivity contribution in [3.8, 4) is 0 Å². The number of carbonyl (C=O) groups is 1. The highest BCUT2D eigenvalue weighted by molar-refractivity contribution is 6.07. The van der Waals surface area contributed by atoms with Gasteiger partial charge in [0.15, 0.2) is 5.82 Å². The third-order valence-electron chi connectivity index (χ3n) is 5.21. The number of carbonyl (C=O) groups excluding carboxylic acids is 1. The monoisotopic (exact) mass is 351 g/mol. The zero-order chi connectivity index (χ0) is 18.4. The van der Waals surface area contributed by atoms with Gasteiger partial charge in [0.25, 0.3) is 5.91 Å². The maximum Gasteiger partial charge on any atom is 0.340 e. The van der Waals surface area contributed by atoms with E-state index in [1.54, 1.807) is 4.90 Å². The van der Waals surface area contributed by atoms with Crippen LogP contribution < -0.4 is 5.69 Å². The predicted molar refractivity (Wildman–Crippen MR) is 98.2 cm³/mol. The molecule has 2 aromatic heterocycles. The molecular weight excluding hydrogens is 330 g/mol. The molecule has 0 radical (unpaired) electrons. The van der Waals surface area contributed by atoms with Gasteiger partial charge in [-0.05, 0) is 50.8 Å². The highest BCUT2D eigenvalue weighted by Gasteiger charge is 2.33. The molecule has 26 heavy (non-hydrogen) atoms. The van der Waals surface area contributed by atoms with E-state index < -0.39 is 0 Å². The third-order valence-corrected chi connectivity index (χ3v) is 5.21. The topological polar surface area (TPSA) is 94.7 Å². The fraction of sp³-hybridized carbons (Fsp3) is 0.368. The van der Waals surface area contributed by atoms with Gasteiger partial charge in [-0.2, -0.15) is 5.10 Å². The summed E-state index contributed by atoms with van der Waals surface area (Å²) in [7, 11) is 0. The van der Waals surface area contributed by atoms with Gasteiger partial charge in [0.05, 0.1) is 17.1 Å². The van der Waals surface area contributed by atoms with Crippen molar-refractivity contribution in [3.05, 3.63) is 56.9 Å². The van der Waals surface area contributed by atoms with Crippen LogP contribution in [0.15, 0.2) is 23.0 Å². The van der Waals surface area contributed by atoms with E-state index in [1.165, 1.54) is 0 Å². The number of aromatic amines is 2. The van der Waals surface area contributed by atoms with Crippen LogP contribution in [0.4, 0.5) is 0 Å². The minimum atomic E-state index is -0.351. The second-order valence-corrected chi connectivity index (χ2v) is 6.93. The Morgan fingerprint density at radius 1 is 1.27 bits per heavy atom. The van der Waals surface area contributed by atoms with Crippen LogP contribution in [0.1, 0.15) is 51.9 Å². The van der Waals surface area contributed by atoms with Crippen molar-refractivity contribution in [1.29, 1.82) is 0 Å². The minimum Gasteiger partial charge on any atom is -0.328 e. The second kappa shape index (κ2) is 6.09. The average molecular weight is 351 g/mol. The molecular formula is C19H21N5O2. The molecule has 1 amide bonds. The zero-order valence-corrected chi connectivity index (χ0v) is 15.1. The van der Waals surface area contributed by atoms with Crippen molar-refractivity contribution >= 4 is 16.8 Å². The number of aromatic nitrogens is 4. The van der Waals surface area contributed by atoms with Gasteiger partial charge in [-0.3, -0.25) is 14.8 Å². The Bertz CT molecular complexity index is 1070. The summed E-state index contributed by atoms with van der Waals surface area (Å²) >= 11 is 0. The van der Waals surface area contributed by atoms with Gasteiger partial charge in [-0.25, -0.2) is 9.89 Å². The summed E-state index contributed by atoms with van der Waals surface area (Å²) in [5.74, 6) is 0.470. The van der Waals surface area contributed by atoms with Crippen LogP contribution in [0, 0.1) is 20.8 Å². The first-order valence-electron chi connectivity index (χ1n) is 8.79. The highest BCUT2D eigenvalue weighted by atomic mass is 16.2. The van der Waals surface area contributed by atoms with Gasteiger partial charge < -0.3 is 4.90 Å². The molecule has 1 aliphatic rings. The number of fused-ring (bicyclic) bond motifs is 1. The van der Waals surface area contributed by atoms with Crippen molar-refractivity contribution in [1.82, 2.24) is 25.1 Å². The Morgan fingerprint density at radius 3 is 2.81 bits per heavy atom. The van der Waals surface area contributed by atoms with E-state index in [-0.39, 0.29) is 17.6 Å². The molecule has 0 spiro atoms. The van der Waals surface area contributed by atoms with Gasteiger partial charge in [-0.1, -0.05) is 12.1 Å². The quantitative estimate of drug-likeness (QED) is 0.742. The lowest BCUT2D eigenvalue weighted by Gasteiger charge is -2.24. The van der Waals surface area contributed by atoms with E-state index in [1.807, 2.05) is 39.0 Å². The average Bonchev–Trinajstić information content (AvgIpc) is 3.26. The summed E-state index contributed by atoms with van der Waals surface area (Å²) in [6.07, 6.45) is 1.66. The molecule has 1 aromatic carbocycles. The molecule has 2 N–H and O–H groups in total. The number of hydrogen-bond donors (Lipinski definition) is 2. The van der Waals surface area contributed by atoms with Crippen LogP contribution in [-0.4, -0.2) is 37.5 Å². The Labute approximate surface area is 150 Å². The van der Waals surface area contributed by atoms with E-state index in [4.69, 9.17) is 0 Å². The summed E-state index contributed by atoms with van der Waals surface area (Å²) in [5, 5.41) is 7.28. The Morgan fingerprint density at radius 2 is 2.08 bits per heavy atom. The molecule has 1 fully saturated rings. The lowest BCUT2D eigenvalue weighted by atomic mass is 10.00. The summed E-state index contributed by atoms with van der Waals surface area (Å²) in [5.41, 5.74) is 4.24. The molecule has 0 unspecified atom stereocenters.